The van der Waals surface area contributed by atoms with Gasteiger partial charge in [0.2, 0.25) is 0 Å². The molecule has 1 amide bonds. The molecule has 1 unspecified atom stereocenters. The molecule has 1 heterocycles. The minimum absolute atomic E-state index is 0.323. The Morgan fingerprint density at radius 2 is 2.11 bits per heavy atom. The van der Waals surface area contributed by atoms with E-state index in [1.54, 1.807) is 6.92 Å². The van der Waals surface area contributed by atoms with E-state index in [0.29, 0.717) is 16.3 Å². The summed E-state index contributed by atoms with van der Waals surface area (Å²) >= 11 is 7.42. The summed E-state index contributed by atoms with van der Waals surface area (Å²) in [6.07, 6.45) is 0.323. The second-order valence-corrected chi connectivity index (χ2v) is 5.44. The molecule has 0 aliphatic rings. The van der Waals surface area contributed by atoms with Crippen molar-refractivity contribution in [2.75, 3.05) is 0 Å². The molecule has 0 spiro atoms. The standard InChI is InChI=1S/C13H12ClNO3S/c1-2-8(13(17)18)15-12(16)11-10(14)7-5-3-4-6-9(7)19-11/h3-6,8H,2H2,1H3,(H,15,16)(H,17,18). The third-order valence-electron chi connectivity index (χ3n) is 2.75. The van der Waals surface area contributed by atoms with Gasteiger partial charge in [0.15, 0.2) is 0 Å². The maximum Gasteiger partial charge on any atom is 0.326 e. The van der Waals surface area contributed by atoms with Gasteiger partial charge in [-0.2, -0.15) is 0 Å². The number of carboxylic acids is 1. The quantitative estimate of drug-likeness (QED) is 0.911. The van der Waals surface area contributed by atoms with Gasteiger partial charge in [0.25, 0.3) is 5.91 Å². The van der Waals surface area contributed by atoms with Crippen LogP contribution in [0.1, 0.15) is 23.0 Å². The first-order valence-electron chi connectivity index (χ1n) is 5.75. The molecule has 100 valence electrons. The fourth-order valence-corrected chi connectivity index (χ4v) is 3.14. The van der Waals surface area contributed by atoms with Crippen molar-refractivity contribution in [3.63, 3.8) is 0 Å². The van der Waals surface area contributed by atoms with Crippen LogP contribution in [0, 0.1) is 0 Å². The van der Waals surface area contributed by atoms with Gasteiger partial charge in [0.1, 0.15) is 10.9 Å². The minimum Gasteiger partial charge on any atom is -0.480 e. The molecule has 0 saturated carbocycles. The van der Waals surface area contributed by atoms with Gasteiger partial charge in [-0.15, -0.1) is 11.3 Å². The summed E-state index contributed by atoms with van der Waals surface area (Å²) in [4.78, 5) is 23.3. The van der Waals surface area contributed by atoms with E-state index >= 15 is 0 Å². The number of rotatable bonds is 4. The zero-order chi connectivity index (χ0) is 14.0. The van der Waals surface area contributed by atoms with Crippen LogP contribution in [0.25, 0.3) is 10.1 Å². The molecule has 0 aliphatic carbocycles. The molecule has 1 aromatic carbocycles. The van der Waals surface area contributed by atoms with Crippen molar-refractivity contribution in [2.24, 2.45) is 0 Å². The fraction of sp³-hybridized carbons (Fsp3) is 0.231. The molecule has 0 aliphatic heterocycles. The van der Waals surface area contributed by atoms with Crippen molar-refractivity contribution in [1.82, 2.24) is 5.32 Å². The second kappa shape index (κ2) is 5.59. The Kier molecular flexibility index (Phi) is 4.07. The van der Waals surface area contributed by atoms with Crippen LogP contribution in [0.3, 0.4) is 0 Å². The van der Waals surface area contributed by atoms with Crippen LogP contribution in [0.4, 0.5) is 0 Å². The minimum atomic E-state index is -1.05. The maximum atomic E-state index is 12.1. The first-order chi connectivity index (χ1) is 9.04. The molecule has 0 fully saturated rings. The smallest absolute Gasteiger partial charge is 0.326 e. The number of hydrogen-bond donors (Lipinski definition) is 2. The molecule has 0 radical (unpaired) electrons. The van der Waals surface area contributed by atoms with Crippen LogP contribution >= 0.6 is 22.9 Å². The average Bonchev–Trinajstić information content (AvgIpc) is 2.73. The van der Waals surface area contributed by atoms with E-state index in [0.717, 1.165) is 10.1 Å². The molecule has 19 heavy (non-hydrogen) atoms. The zero-order valence-corrected chi connectivity index (χ0v) is 11.7. The fourth-order valence-electron chi connectivity index (χ4n) is 1.72. The van der Waals surface area contributed by atoms with Crippen LogP contribution in [-0.4, -0.2) is 23.0 Å². The van der Waals surface area contributed by atoms with Crippen LogP contribution < -0.4 is 5.32 Å². The third-order valence-corrected chi connectivity index (χ3v) is 4.43. The molecular weight excluding hydrogens is 286 g/mol. The van der Waals surface area contributed by atoms with E-state index in [4.69, 9.17) is 16.7 Å². The number of halogens is 1. The Hall–Kier alpha value is -1.59. The number of aliphatic carboxylic acids is 1. The van der Waals surface area contributed by atoms with Crippen molar-refractivity contribution < 1.29 is 14.7 Å². The van der Waals surface area contributed by atoms with E-state index in [1.165, 1.54) is 11.3 Å². The molecule has 0 bridgehead atoms. The van der Waals surface area contributed by atoms with Gasteiger partial charge in [0, 0.05) is 10.1 Å². The topological polar surface area (TPSA) is 66.4 Å². The Morgan fingerprint density at radius 3 is 2.68 bits per heavy atom. The summed E-state index contributed by atoms with van der Waals surface area (Å²) in [5.41, 5.74) is 0. The van der Waals surface area contributed by atoms with Gasteiger partial charge in [-0.1, -0.05) is 36.7 Å². The SMILES string of the molecule is CCC(NC(=O)c1sc2ccccc2c1Cl)C(=O)O. The van der Waals surface area contributed by atoms with Gasteiger partial charge in [-0.05, 0) is 12.5 Å². The zero-order valence-electron chi connectivity index (χ0n) is 10.1. The Labute approximate surface area is 119 Å². The third kappa shape index (κ3) is 2.72. The molecule has 1 atom stereocenters. The average molecular weight is 298 g/mol. The number of amides is 1. The van der Waals surface area contributed by atoms with Gasteiger partial charge in [0.05, 0.1) is 5.02 Å². The molecule has 4 nitrogen and oxygen atoms in total. The summed E-state index contributed by atoms with van der Waals surface area (Å²) in [5.74, 6) is -1.49. The first-order valence-corrected chi connectivity index (χ1v) is 6.94. The van der Waals surface area contributed by atoms with Crippen LogP contribution in [0.15, 0.2) is 24.3 Å². The molecular formula is C13H12ClNO3S. The van der Waals surface area contributed by atoms with E-state index in [-0.39, 0.29) is 0 Å². The molecule has 0 saturated heterocycles. The number of benzene rings is 1. The summed E-state index contributed by atoms with van der Waals surface area (Å²) in [7, 11) is 0. The van der Waals surface area contributed by atoms with Crippen LogP contribution in [0.2, 0.25) is 5.02 Å². The van der Waals surface area contributed by atoms with Crippen LogP contribution in [-0.2, 0) is 4.79 Å². The Morgan fingerprint density at radius 1 is 1.42 bits per heavy atom. The van der Waals surface area contributed by atoms with Crippen molar-refractivity contribution in [1.29, 1.82) is 0 Å². The summed E-state index contributed by atoms with van der Waals surface area (Å²) in [6, 6.07) is 6.52. The largest absolute Gasteiger partial charge is 0.480 e. The lowest BCUT2D eigenvalue weighted by molar-refractivity contribution is -0.139. The van der Waals surface area contributed by atoms with Crippen molar-refractivity contribution >= 4 is 44.9 Å². The first kappa shape index (κ1) is 13.8. The number of fused-ring (bicyclic) bond motifs is 1. The normalized spacial score (nSPS) is 12.3. The van der Waals surface area contributed by atoms with E-state index < -0.39 is 17.9 Å². The Balaban J connectivity index is 2.31. The van der Waals surface area contributed by atoms with Crippen molar-refractivity contribution in [3.05, 3.63) is 34.2 Å². The number of carbonyl (C=O) groups is 2. The number of hydrogen-bond acceptors (Lipinski definition) is 3. The van der Waals surface area contributed by atoms with Gasteiger partial charge in [-0.3, -0.25) is 4.79 Å². The number of thiophene rings is 1. The summed E-state index contributed by atoms with van der Waals surface area (Å²) in [5, 5.41) is 12.6. The number of nitrogens with one attached hydrogen (secondary N) is 1. The van der Waals surface area contributed by atoms with Gasteiger partial charge < -0.3 is 10.4 Å². The summed E-state index contributed by atoms with van der Waals surface area (Å²) in [6.45, 7) is 1.70. The van der Waals surface area contributed by atoms with E-state index in [2.05, 4.69) is 5.32 Å². The van der Waals surface area contributed by atoms with Gasteiger partial charge >= 0.3 is 5.97 Å². The monoisotopic (exact) mass is 297 g/mol. The lowest BCUT2D eigenvalue weighted by Crippen LogP contribution is -2.40. The lowest BCUT2D eigenvalue weighted by Gasteiger charge is -2.11. The molecule has 2 aromatic rings. The molecule has 2 N–H and O–H groups in total. The second-order valence-electron chi connectivity index (χ2n) is 4.01. The van der Waals surface area contributed by atoms with Crippen LogP contribution in [0.5, 0.6) is 0 Å². The Bertz CT molecular complexity index is 638. The highest BCUT2D eigenvalue weighted by Crippen LogP contribution is 2.35. The highest BCUT2D eigenvalue weighted by molar-refractivity contribution is 7.21. The number of carboxylic acid groups (broad SMARTS) is 1. The predicted molar refractivity (Wildman–Crippen MR) is 76.0 cm³/mol. The molecule has 2 rings (SSSR count). The van der Waals surface area contributed by atoms with Crippen molar-refractivity contribution in [3.8, 4) is 0 Å². The van der Waals surface area contributed by atoms with E-state index in [9.17, 15) is 9.59 Å². The maximum absolute atomic E-state index is 12.1. The molecule has 1 aromatic heterocycles. The number of carbonyl (C=O) groups excluding carboxylic acids is 1. The van der Waals surface area contributed by atoms with Crippen molar-refractivity contribution in [2.45, 2.75) is 19.4 Å². The highest BCUT2D eigenvalue weighted by Gasteiger charge is 2.22. The molecule has 6 heteroatoms. The highest BCUT2D eigenvalue weighted by atomic mass is 35.5. The summed E-state index contributed by atoms with van der Waals surface area (Å²) < 4.78 is 0.904. The lowest BCUT2D eigenvalue weighted by atomic mass is 10.2. The van der Waals surface area contributed by atoms with E-state index in [1.807, 2.05) is 24.3 Å². The predicted octanol–water partition coefficient (Wildman–Crippen LogP) is 3.15. The van der Waals surface area contributed by atoms with Gasteiger partial charge in [-0.25, -0.2) is 4.79 Å².